The van der Waals surface area contributed by atoms with E-state index in [1.807, 2.05) is 71.9 Å². The first-order valence-electron chi connectivity index (χ1n) is 28.7. The number of fused-ring (bicyclic) bond motifs is 3. The molecule has 466 valence electrons. The first kappa shape index (κ1) is 62.3. The number of urea groups is 3. The van der Waals surface area contributed by atoms with Gasteiger partial charge in [0.25, 0.3) is 0 Å². The zero-order valence-corrected chi connectivity index (χ0v) is 52.0. The topological polar surface area (TPSA) is 320 Å². The molecule has 0 unspecified atom stereocenters. The van der Waals surface area contributed by atoms with Crippen molar-refractivity contribution in [2.75, 3.05) is 31.9 Å². The molecule has 6 N–H and O–H groups in total. The fraction of sp³-hybridized carbons (Fsp3) is 0.200. The van der Waals surface area contributed by atoms with Crippen molar-refractivity contribution in [2.45, 2.75) is 84.5 Å². The highest BCUT2D eigenvalue weighted by Crippen LogP contribution is 2.38. The van der Waals surface area contributed by atoms with Gasteiger partial charge in [-0.3, -0.25) is 45.3 Å². The van der Waals surface area contributed by atoms with E-state index >= 15 is 0 Å². The molecule has 0 spiro atoms. The number of pyridine rings is 3. The Balaban J connectivity index is 0.000000141. The molecule has 10 aromatic rings. The zero-order chi connectivity index (χ0) is 64.5. The molecule has 25 nitrogen and oxygen atoms in total. The highest BCUT2D eigenvalue weighted by Gasteiger charge is 2.28. The van der Waals surface area contributed by atoms with Gasteiger partial charge in [-0.25, -0.2) is 19.1 Å². The molecule has 2 aliphatic carbocycles. The van der Waals surface area contributed by atoms with Gasteiger partial charge in [-0.2, -0.15) is 5.10 Å². The molecule has 0 saturated heterocycles. The number of carbonyl (C=O) groups is 6. The van der Waals surface area contributed by atoms with Crippen molar-refractivity contribution in [2.24, 2.45) is 0 Å². The molecule has 7 heterocycles. The normalized spacial score (nSPS) is 12.7. The number of hydrogen-bond acceptors (Lipinski definition) is 20. The van der Waals surface area contributed by atoms with Crippen LogP contribution in [0, 0.1) is 0 Å². The van der Waals surface area contributed by atoms with Crippen molar-refractivity contribution >= 4 is 91.4 Å². The van der Waals surface area contributed by atoms with Crippen LogP contribution in [0.5, 0.6) is 40.2 Å². The van der Waals surface area contributed by atoms with Gasteiger partial charge in [0.2, 0.25) is 10.3 Å². The molecular weight excluding hydrogens is 1210 g/mol. The lowest BCUT2D eigenvalue weighted by molar-refractivity contribution is -0.132. The number of Topliss-reactive ketones (excluding diaryl/α,β-unsaturated/α-hetero) is 2. The number of ether oxygens (including phenoxy) is 4. The lowest BCUT2D eigenvalue weighted by atomic mass is 9.98. The van der Waals surface area contributed by atoms with Crippen molar-refractivity contribution in [3.05, 3.63) is 190 Å². The maximum Gasteiger partial charge on any atom is 0.325 e. The van der Waals surface area contributed by atoms with Crippen LogP contribution in [0.2, 0.25) is 0 Å². The molecule has 0 atom stereocenters. The highest BCUT2D eigenvalue weighted by molar-refractivity contribution is 7.15. The number of benzene rings is 4. The minimum Gasteiger partial charge on any atom is -0.457 e. The lowest BCUT2D eigenvalue weighted by Gasteiger charge is -2.12. The number of carbonyl (C=O) groups excluding carboxylic acids is 6. The molecule has 0 saturated carbocycles. The summed E-state index contributed by atoms with van der Waals surface area (Å²) >= 11 is 2.69. The van der Waals surface area contributed by atoms with Gasteiger partial charge in [-0.1, -0.05) is 82.4 Å². The Labute approximate surface area is 534 Å². The van der Waals surface area contributed by atoms with Gasteiger partial charge in [0.1, 0.15) is 56.1 Å². The number of aromatic nitrogens is 9. The highest BCUT2D eigenvalue weighted by atomic mass is 32.1. The Kier molecular flexibility index (Phi) is 18.4. The SMILES string of the molecule is CC(C)(C)c1nnc(NC(=O)Nc2ccc(Oc3ccnc4c3CC(=O)C4)cc2)s1.CC(C)(C)c1nnc(NC(=O)Nc2ccc(Oc3ccnc4c3OC(=O)C4)cc2)s1.O=C1Cc2nccc(Oc3ccc(NC(=O)Nc4ccnn4-c4ccccc4)cc3)c2C1. The summed E-state index contributed by atoms with van der Waals surface area (Å²) in [4.78, 5) is 84.4. The van der Waals surface area contributed by atoms with Crippen LogP contribution in [-0.2, 0) is 57.3 Å². The Morgan fingerprint density at radius 2 is 0.880 bits per heavy atom. The fourth-order valence-corrected chi connectivity index (χ4v) is 10.8. The number of hydrogen-bond donors (Lipinski definition) is 6. The largest absolute Gasteiger partial charge is 0.457 e. The van der Waals surface area contributed by atoms with E-state index in [1.54, 1.807) is 127 Å². The minimum absolute atomic E-state index is 0.119. The second kappa shape index (κ2) is 27.2. The molecule has 27 heteroatoms. The van der Waals surface area contributed by atoms with Crippen LogP contribution in [0.1, 0.15) is 79.8 Å². The van der Waals surface area contributed by atoms with Crippen LogP contribution in [0.25, 0.3) is 5.69 Å². The van der Waals surface area contributed by atoms with Crippen LogP contribution in [-0.4, -0.2) is 80.8 Å². The Hall–Kier alpha value is -11.3. The van der Waals surface area contributed by atoms with Crippen molar-refractivity contribution in [3.63, 3.8) is 0 Å². The van der Waals surface area contributed by atoms with Gasteiger partial charge in [0.15, 0.2) is 11.5 Å². The summed E-state index contributed by atoms with van der Waals surface area (Å²) in [5.41, 5.74) is 6.18. The van der Waals surface area contributed by atoms with Gasteiger partial charge in [0.05, 0.1) is 35.4 Å². The number of esters is 1. The molecule has 3 aliphatic rings. The van der Waals surface area contributed by atoms with Crippen LogP contribution in [0.3, 0.4) is 0 Å². The van der Waals surface area contributed by atoms with E-state index in [-0.39, 0.29) is 40.8 Å². The molecule has 92 heavy (non-hydrogen) atoms. The molecule has 6 amide bonds. The molecule has 0 fully saturated rings. The predicted molar refractivity (Wildman–Crippen MR) is 345 cm³/mol. The quantitative estimate of drug-likeness (QED) is 0.0584. The lowest BCUT2D eigenvalue weighted by Crippen LogP contribution is -2.21. The first-order valence-corrected chi connectivity index (χ1v) is 30.4. The van der Waals surface area contributed by atoms with Gasteiger partial charge in [-0.05, 0) is 97.1 Å². The van der Waals surface area contributed by atoms with Crippen molar-refractivity contribution in [1.82, 2.24) is 45.1 Å². The average Bonchev–Trinajstić information content (AvgIpc) is 1.76. The van der Waals surface area contributed by atoms with Gasteiger partial charge < -0.3 is 34.9 Å². The molecule has 6 aromatic heterocycles. The van der Waals surface area contributed by atoms with E-state index < -0.39 is 12.1 Å². The Morgan fingerprint density at radius 1 is 0.457 bits per heavy atom. The molecule has 0 bridgehead atoms. The number of nitrogens with zero attached hydrogens (tertiary/aromatic N) is 9. The average molecular weight is 1270 g/mol. The van der Waals surface area contributed by atoms with E-state index in [4.69, 9.17) is 18.9 Å². The van der Waals surface area contributed by atoms with Gasteiger partial charge in [0, 0.05) is 95.4 Å². The van der Waals surface area contributed by atoms with E-state index in [9.17, 15) is 28.8 Å². The molecular formula is C65H59N15O10S2. The number of nitrogens with one attached hydrogen (secondary N) is 6. The smallest absolute Gasteiger partial charge is 0.325 e. The maximum atomic E-state index is 12.5. The summed E-state index contributed by atoms with van der Waals surface area (Å²) in [5.74, 6) is 4.23. The van der Waals surface area contributed by atoms with Gasteiger partial charge >= 0.3 is 24.1 Å². The third-order valence-electron chi connectivity index (χ3n) is 13.6. The van der Waals surface area contributed by atoms with E-state index in [0.29, 0.717) is 105 Å². The summed E-state index contributed by atoms with van der Waals surface area (Å²) in [6, 6.07) is 36.0. The van der Waals surface area contributed by atoms with Gasteiger partial charge in [-0.15, -0.1) is 20.4 Å². The summed E-state index contributed by atoms with van der Waals surface area (Å²) in [5, 5.41) is 39.5. The van der Waals surface area contributed by atoms with E-state index in [0.717, 1.165) is 38.2 Å². The summed E-state index contributed by atoms with van der Waals surface area (Å²) in [6.45, 7) is 12.2. The summed E-state index contributed by atoms with van der Waals surface area (Å²) in [6.07, 6.45) is 8.02. The molecule has 13 rings (SSSR count). The van der Waals surface area contributed by atoms with Crippen LogP contribution in [0.15, 0.2) is 152 Å². The second-order valence-electron chi connectivity index (χ2n) is 22.9. The third kappa shape index (κ3) is 15.9. The number of ketones is 2. The maximum absolute atomic E-state index is 12.5. The van der Waals surface area contributed by atoms with Crippen molar-refractivity contribution in [1.29, 1.82) is 0 Å². The number of para-hydroxylation sites is 1. The van der Waals surface area contributed by atoms with Crippen molar-refractivity contribution in [3.8, 4) is 45.9 Å². The summed E-state index contributed by atoms with van der Waals surface area (Å²) in [7, 11) is 0. The Morgan fingerprint density at radius 3 is 1.33 bits per heavy atom. The molecule has 4 aromatic carbocycles. The zero-order valence-electron chi connectivity index (χ0n) is 50.4. The van der Waals surface area contributed by atoms with E-state index in [1.165, 1.54) is 22.7 Å². The van der Waals surface area contributed by atoms with Crippen molar-refractivity contribution < 1.29 is 47.7 Å². The van der Waals surface area contributed by atoms with Crippen LogP contribution >= 0.6 is 22.7 Å². The monoisotopic (exact) mass is 1270 g/mol. The van der Waals surface area contributed by atoms with E-state index in [2.05, 4.69) is 72.3 Å². The number of anilines is 6. The van der Waals surface area contributed by atoms with Crippen LogP contribution in [0.4, 0.5) is 47.5 Å². The fourth-order valence-electron chi connectivity index (χ4n) is 9.20. The number of rotatable bonds is 13. The molecule has 0 radical (unpaired) electrons. The second-order valence-corrected chi connectivity index (χ2v) is 24.8. The minimum atomic E-state index is -0.417. The Bertz CT molecular complexity index is 4200. The summed E-state index contributed by atoms with van der Waals surface area (Å²) < 4.78 is 24.5. The molecule has 1 aliphatic heterocycles. The standard InChI is InChI=1S/C24H19N5O3.C21H21N5O3S.C20H19N5O4S/c30-18-14-20-21(15-18)25-12-10-22(20)32-19-8-6-16(7-9-19)27-24(31)28-23-11-13-26-29(23)17-4-2-1-3-5-17;1-21(2,3)18-25-26-20(30-18)24-19(28)23-12-4-6-14(7-5-12)29-17-8-9-22-16-11-13(27)10-15(16)17;1-20(2,3)17-24-25-19(30-17)23-18(27)22-11-4-6-12(7-5-11)28-14-8-9-21-13-10-15(26)29-16(13)14/h1-13H,14-15H2,(H2,27,28,31);4-9H,10-11H2,1-3H3,(H2,23,24,26,28);4-9H,10H2,1-3H3,(H2,22,23,25,27). The third-order valence-corrected chi connectivity index (χ3v) is 16.2. The predicted octanol–water partition coefficient (Wildman–Crippen LogP) is 12.8. The van der Waals surface area contributed by atoms with Crippen LogP contribution < -0.4 is 50.8 Å². The first-order chi connectivity index (χ1) is 44.2. The number of amides is 6.